The van der Waals surface area contributed by atoms with E-state index in [-0.39, 0.29) is 6.54 Å². The molecule has 2 aromatic heterocycles. The molecule has 2 N–H and O–H groups in total. The molecule has 1 aliphatic carbocycles. The van der Waals surface area contributed by atoms with Crippen LogP contribution >= 0.6 is 0 Å². The summed E-state index contributed by atoms with van der Waals surface area (Å²) in [6.07, 6.45) is 11.4. The number of aliphatic carboxylic acids is 1. The van der Waals surface area contributed by atoms with Crippen molar-refractivity contribution in [3.05, 3.63) is 54.2 Å². The summed E-state index contributed by atoms with van der Waals surface area (Å²) < 4.78 is 9.16. The van der Waals surface area contributed by atoms with E-state index in [0.717, 1.165) is 30.4 Å². The molecule has 0 radical (unpaired) electrons. The van der Waals surface area contributed by atoms with E-state index in [1.165, 1.54) is 12.7 Å². The number of carboxylic acid groups (broad SMARTS) is 1. The van der Waals surface area contributed by atoms with Gasteiger partial charge in [0.25, 0.3) is 5.91 Å². The smallest absolute Gasteiger partial charge is 0.328 e. The lowest BCUT2D eigenvalue weighted by atomic mass is 9.96. The SMILES string of the molecule is Cc1ccc(C(=O)NC(Cn2ccnc2)C(=O)O)cc1-c1cn(CCCOC2CCC2)nn1. The van der Waals surface area contributed by atoms with Crippen molar-refractivity contribution in [3.63, 3.8) is 0 Å². The van der Waals surface area contributed by atoms with Gasteiger partial charge in [-0.1, -0.05) is 11.3 Å². The van der Waals surface area contributed by atoms with Crippen LogP contribution in [0, 0.1) is 6.92 Å². The van der Waals surface area contributed by atoms with Gasteiger partial charge >= 0.3 is 5.97 Å². The summed E-state index contributed by atoms with van der Waals surface area (Å²) in [5.41, 5.74) is 2.74. The van der Waals surface area contributed by atoms with E-state index in [4.69, 9.17) is 4.74 Å². The second kappa shape index (κ2) is 10.4. The largest absolute Gasteiger partial charge is 0.480 e. The molecule has 0 aliphatic heterocycles. The summed E-state index contributed by atoms with van der Waals surface area (Å²) in [4.78, 5) is 28.3. The molecule has 1 aliphatic rings. The average Bonchev–Trinajstić information content (AvgIpc) is 3.44. The van der Waals surface area contributed by atoms with Gasteiger partial charge in [-0.2, -0.15) is 0 Å². The molecule has 33 heavy (non-hydrogen) atoms. The fourth-order valence-electron chi connectivity index (χ4n) is 3.62. The van der Waals surface area contributed by atoms with E-state index in [1.807, 2.05) is 19.2 Å². The number of hydrogen-bond acceptors (Lipinski definition) is 6. The summed E-state index contributed by atoms with van der Waals surface area (Å²) in [5, 5.41) is 20.6. The third-order valence-electron chi connectivity index (χ3n) is 5.81. The Kier molecular flexibility index (Phi) is 7.13. The molecule has 1 unspecified atom stereocenters. The predicted molar refractivity (Wildman–Crippen MR) is 120 cm³/mol. The van der Waals surface area contributed by atoms with Crippen molar-refractivity contribution < 1.29 is 19.4 Å². The molecule has 0 bridgehead atoms. The van der Waals surface area contributed by atoms with Gasteiger partial charge in [-0.05, 0) is 50.3 Å². The van der Waals surface area contributed by atoms with Crippen molar-refractivity contribution in [1.29, 1.82) is 0 Å². The Morgan fingerprint density at radius 3 is 2.88 bits per heavy atom. The topological polar surface area (TPSA) is 124 Å². The predicted octanol–water partition coefficient (Wildman–Crippen LogP) is 2.29. The number of nitrogens with one attached hydrogen (secondary N) is 1. The molecule has 4 rings (SSSR count). The monoisotopic (exact) mass is 452 g/mol. The van der Waals surface area contributed by atoms with E-state index in [0.29, 0.717) is 30.5 Å². The normalized spacial score (nSPS) is 14.6. The molecule has 0 spiro atoms. The van der Waals surface area contributed by atoms with Crippen LogP contribution in [-0.2, 0) is 22.6 Å². The van der Waals surface area contributed by atoms with Crippen LogP contribution in [0.4, 0.5) is 0 Å². The van der Waals surface area contributed by atoms with E-state index >= 15 is 0 Å². The third kappa shape index (κ3) is 5.83. The van der Waals surface area contributed by atoms with Gasteiger partial charge < -0.3 is 19.7 Å². The zero-order chi connectivity index (χ0) is 23.2. The summed E-state index contributed by atoms with van der Waals surface area (Å²) in [5.74, 6) is -1.59. The number of carboxylic acids is 1. The van der Waals surface area contributed by atoms with Crippen molar-refractivity contribution in [1.82, 2.24) is 29.9 Å². The number of nitrogens with zero attached hydrogens (tertiary/aromatic N) is 5. The molecule has 1 fully saturated rings. The number of rotatable bonds is 11. The standard InChI is InChI=1S/C23H28N6O4/c1-16-6-7-17(22(30)25-21(23(31)32)13-28-10-8-24-15-28)12-19(16)20-14-29(27-26-20)9-3-11-33-18-4-2-5-18/h6-8,10,12,14-15,18,21H,2-5,9,11,13H2,1H3,(H,25,30)(H,31,32). The van der Waals surface area contributed by atoms with Crippen LogP contribution in [0.15, 0.2) is 43.1 Å². The van der Waals surface area contributed by atoms with Gasteiger partial charge in [0.15, 0.2) is 0 Å². The molecule has 10 nitrogen and oxygen atoms in total. The molecule has 10 heteroatoms. The van der Waals surface area contributed by atoms with Crippen LogP contribution < -0.4 is 5.32 Å². The fraction of sp³-hybridized carbons (Fsp3) is 0.435. The highest BCUT2D eigenvalue weighted by molar-refractivity contribution is 5.97. The average molecular weight is 453 g/mol. The van der Waals surface area contributed by atoms with Crippen LogP contribution in [0.3, 0.4) is 0 Å². The number of carbonyl (C=O) groups excluding carboxylic acids is 1. The Morgan fingerprint density at radius 2 is 2.18 bits per heavy atom. The van der Waals surface area contributed by atoms with E-state index in [2.05, 4.69) is 20.6 Å². The van der Waals surface area contributed by atoms with Crippen molar-refractivity contribution in [3.8, 4) is 11.3 Å². The van der Waals surface area contributed by atoms with E-state index in [1.54, 1.807) is 33.8 Å². The van der Waals surface area contributed by atoms with Crippen molar-refractivity contribution >= 4 is 11.9 Å². The Hall–Kier alpha value is -3.53. The molecule has 2 heterocycles. The van der Waals surface area contributed by atoms with Crippen LogP contribution in [0.1, 0.15) is 41.6 Å². The van der Waals surface area contributed by atoms with Crippen LogP contribution in [-0.4, -0.2) is 60.3 Å². The number of carbonyl (C=O) groups is 2. The van der Waals surface area contributed by atoms with Crippen LogP contribution in [0.2, 0.25) is 0 Å². The Labute approximate surface area is 191 Å². The summed E-state index contributed by atoms with van der Waals surface area (Å²) >= 11 is 0. The second-order valence-electron chi connectivity index (χ2n) is 8.30. The zero-order valence-corrected chi connectivity index (χ0v) is 18.6. The first-order valence-corrected chi connectivity index (χ1v) is 11.1. The number of aryl methyl sites for hydroxylation is 2. The van der Waals surface area contributed by atoms with Gasteiger partial charge in [0, 0.05) is 36.7 Å². The maximum absolute atomic E-state index is 12.8. The highest BCUT2D eigenvalue weighted by atomic mass is 16.5. The van der Waals surface area contributed by atoms with E-state index < -0.39 is 17.9 Å². The number of amides is 1. The Bertz CT molecular complexity index is 1090. The quantitative estimate of drug-likeness (QED) is 0.428. The van der Waals surface area contributed by atoms with Gasteiger partial charge in [0.05, 0.1) is 25.2 Å². The van der Waals surface area contributed by atoms with Crippen LogP contribution in [0.25, 0.3) is 11.3 Å². The highest BCUT2D eigenvalue weighted by Crippen LogP contribution is 2.23. The molecule has 1 atom stereocenters. The number of aromatic nitrogens is 5. The third-order valence-corrected chi connectivity index (χ3v) is 5.81. The van der Waals surface area contributed by atoms with Gasteiger partial charge in [0.2, 0.25) is 0 Å². The van der Waals surface area contributed by atoms with Gasteiger partial charge in [-0.15, -0.1) is 5.10 Å². The molecule has 3 aromatic rings. The zero-order valence-electron chi connectivity index (χ0n) is 18.6. The molecular weight excluding hydrogens is 424 g/mol. The molecular formula is C23H28N6O4. The van der Waals surface area contributed by atoms with Crippen LogP contribution in [0.5, 0.6) is 0 Å². The van der Waals surface area contributed by atoms with E-state index in [9.17, 15) is 14.7 Å². The summed E-state index contributed by atoms with van der Waals surface area (Å²) in [6.45, 7) is 3.42. The maximum Gasteiger partial charge on any atom is 0.328 e. The number of imidazole rings is 1. The minimum absolute atomic E-state index is 0.0819. The highest BCUT2D eigenvalue weighted by Gasteiger charge is 2.22. The van der Waals surface area contributed by atoms with Crippen molar-refractivity contribution in [2.75, 3.05) is 6.61 Å². The Balaban J connectivity index is 1.40. The fourth-order valence-corrected chi connectivity index (χ4v) is 3.62. The minimum Gasteiger partial charge on any atom is -0.480 e. The lowest BCUT2D eigenvalue weighted by molar-refractivity contribution is -0.139. The molecule has 1 aromatic carbocycles. The second-order valence-corrected chi connectivity index (χ2v) is 8.30. The maximum atomic E-state index is 12.8. The van der Waals surface area contributed by atoms with Gasteiger partial charge in [-0.25, -0.2) is 9.78 Å². The van der Waals surface area contributed by atoms with Gasteiger partial charge in [-0.3, -0.25) is 9.48 Å². The lowest BCUT2D eigenvalue weighted by Crippen LogP contribution is -2.43. The molecule has 174 valence electrons. The number of ether oxygens (including phenoxy) is 1. The first-order valence-electron chi connectivity index (χ1n) is 11.1. The minimum atomic E-state index is -1.12. The summed E-state index contributed by atoms with van der Waals surface area (Å²) in [7, 11) is 0. The lowest BCUT2D eigenvalue weighted by Gasteiger charge is -2.25. The molecule has 1 saturated carbocycles. The summed E-state index contributed by atoms with van der Waals surface area (Å²) in [6, 6.07) is 4.13. The first kappa shape index (κ1) is 22.7. The first-order chi connectivity index (χ1) is 16.0. The number of benzene rings is 1. The van der Waals surface area contributed by atoms with Crippen molar-refractivity contribution in [2.24, 2.45) is 0 Å². The molecule has 1 amide bonds. The van der Waals surface area contributed by atoms with Crippen molar-refractivity contribution in [2.45, 2.75) is 57.8 Å². The Morgan fingerprint density at radius 1 is 1.33 bits per heavy atom. The number of hydrogen-bond donors (Lipinski definition) is 2. The molecule has 0 saturated heterocycles. The van der Waals surface area contributed by atoms with Gasteiger partial charge in [0.1, 0.15) is 11.7 Å².